The Balaban J connectivity index is 1.76. The molecular formula is C17H19ClN4O3. The predicted molar refractivity (Wildman–Crippen MR) is 93.0 cm³/mol. The number of hydrogen-bond acceptors (Lipinski definition) is 5. The molecule has 2 aromatic heterocycles. The van der Waals surface area contributed by atoms with E-state index in [0.29, 0.717) is 5.92 Å². The van der Waals surface area contributed by atoms with Crippen LogP contribution in [-0.2, 0) is 4.74 Å². The summed E-state index contributed by atoms with van der Waals surface area (Å²) in [6, 6.07) is 4.96. The largest absolute Gasteiger partial charge is 0.442 e. The standard InChI is InChI=1S/C17H19ClN4O3/c1-17(2,3)25-16(24)22-13(8-9-19-22)21-15(23)11-6-7-12(10-4-5-10)20-14(11)18/h6-10H,4-5H2,1-3H3,(H,21,23). The first-order chi connectivity index (χ1) is 11.7. The average Bonchev–Trinajstić information content (AvgIpc) is 3.25. The Morgan fingerprint density at radius 2 is 2.00 bits per heavy atom. The molecule has 132 valence electrons. The summed E-state index contributed by atoms with van der Waals surface area (Å²) in [5.74, 6) is 0.176. The Hall–Kier alpha value is -2.41. The van der Waals surface area contributed by atoms with Crippen molar-refractivity contribution in [1.29, 1.82) is 0 Å². The molecule has 0 unspecified atom stereocenters. The monoisotopic (exact) mass is 362 g/mol. The van der Waals surface area contributed by atoms with Gasteiger partial charge < -0.3 is 10.1 Å². The Labute approximate surface area is 150 Å². The first-order valence-corrected chi connectivity index (χ1v) is 8.37. The molecule has 1 aliphatic rings. The van der Waals surface area contributed by atoms with Crippen molar-refractivity contribution in [2.45, 2.75) is 45.1 Å². The van der Waals surface area contributed by atoms with Gasteiger partial charge in [-0.3, -0.25) is 4.79 Å². The molecule has 0 atom stereocenters. The van der Waals surface area contributed by atoms with E-state index in [4.69, 9.17) is 16.3 Å². The highest BCUT2D eigenvalue weighted by atomic mass is 35.5. The summed E-state index contributed by atoms with van der Waals surface area (Å²) in [5.41, 5.74) is 0.472. The van der Waals surface area contributed by atoms with Gasteiger partial charge >= 0.3 is 6.09 Å². The molecule has 0 spiro atoms. The zero-order valence-corrected chi connectivity index (χ0v) is 15.0. The van der Waals surface area contributed by atoms with Gasteiger partial charge in [-0.25, -0.2) is 9.78 Å². The topological polar surface area (TPSA) is 86.1 Å². The Morgan fingerprint density at radius 1 is 1.28 bits per heavy atom. The highest BCUT2D eigenvalue weighted by Gasteiger charge is 2.26. The lowest BCUT2D eigenvalue weighted by molar-refractivity contribution is 0.0519. The summed E-state index contributed by atoms with van der Waals surface area (Å²) in [6.07, 6.45) is 2.92. The summed E-state index contributed by atoms with van der Waals surface area (Å²) in [5, 5.41) is 6.65. The summed E-state index contributed by atoms with van der Waals surface area (Å²) in [7, 11) is 0. The smallest absolute Gasteiger partial charge is 0.437 e. The van der Waals surface area contributed by atoms with E-state index >= 15 is 0 Å². The van der Waals surface area contributed by atoms with Gasteiger partial charge in [0.2, 0.25) is 0 Å². The molecule has 2 heterocycles. The van der Waals surface area contributed by atoms with Gasteiger partial charge in [0.25, 0.3) is 5.91 Å². The maximum Gasteiger partial charge on any atom is 0.437 e. The van der Waals surface area contributed by atoms with E-state index in [1.165, 1.54) is 12.3 Å². The van der Waals surface area contributed by atoms with E-state index in [2.05, 4.69) is 15.4 Å². The summed E-state index contributed by atoms with van der Waals surface area (Å²) < 4.78 is 6.24. The minimum Gasteiger partial charge on any atom is -0.442 e. The number of aromatic nitrogens is 3. The second-order valence-electron chi connectivity index (χ2n) is 6.91. The SMILES string of the molecule is CC(C)(C)OC(=O)n1nccc1NC(=O)c1ccc(C2CC2)nc1Cl. The maximum atomic E-state index is 12.5. The molecule has 0 aliphatic heterocycles. The molecule has 0 saturated heterocycles. The van der Waals surface area contributed by atoms with Crippen molar-refractivity contribution in [3.8, 4) is 0 Å². The van der Waals surface area contributed by atoms with E-state index in [0.717, 1.165) is 23.2 Å². The van der Waals surface area contributed by atoms with Crippen molar-refractivity contribution in [3.05, 3.63) is 40.8 Å². The number of pyridine rings is 1. The first kappa shape index (κ1) is 17.4. The lowest BCUT2D eigenvalue weighted by Crippen LogP contribution is -2.29. The third-order valence-electron chi connectivity index (χ3n) is 3.56. The predicted octanol–water partition coefficient (Wildman–Crippen LogP) is 3.84. The van der Waals surface area contributed by atoms with E-state index in [-0.39, 0.29) is 16.5 Å². The van der Waals surface area contributed by atoms with Crippen molar-refractivity contribution in [1.82, 2.24) is 14.8 Å². The second-order valence-corrected chi connectivity index (χ2v) is 7.27. The van der Waals surface area contributed by atoms with Crippen LogP contribution in [0.15, 0.2) is 24.4 Å². The number of anilines is 1. The molecule has 25 heavy (non-hydrogen) atoms. The quantitative estimate of drug-likeness (QED) is 0.838. The number of nitrogens with zero attached hydrogens (tertiary/aromatic N) is 3. The molecule has 1 aliphatic carbocycles. The maximum absolute atomic E-state index is 12.5. The Kier molecular flexibility index (Phi) is 4.51. The fraction of sp³-hybridized carbons (Fsp3) is 0.412. The number of amides is 1. The molecule has 2 aromatic rings. The summed E-state index contributed by atoms with van der Waals surface area (Å²) in [6.45, 7) is 5.25. The molecule has 1 saturated carbocycles. The van der Waals surface area contributed by atoms with Crippen molar-refractivity contribution in [2.75, 3.05) is 5.32 Å². The molecule has 1 N–H and O–H groups in total. The number of carbonyl (C=O) groups excluding carboxylic acids is 2. The van der Waals surface area contributed by atoms with E-state index in [9.17, 15) is 9.59 Å². The van der Waals surface area contributed by atoms with E-state index in [1.54, 1.807) is 26.8 Å². The highest BCUT2D eigenvalue weighted by Crippen LogP contribution is 2.39. The molecule has 0 radical (unpaired) electrons. The van der Waals surface area contributed by atoms with Crippen LogP contribution in [0.1, 0.15) is 55.6 Å². The summed E-state index contributed by atoms with van der Waals surface area (Å²) >= 11 is 6.14. The van der Waals surface area contributed by atoms with Crippen LogP contribution in [0.25, 0.3) is 0 Å². The number of hydrogen-bond donors (Lipinski definition) is 1. The van der Waals surface area contributed by atoms with Crippen LogP contribution in [0, 0.1) is 0 Å². The van der Waals surface area contributed by atoms with Crippen molar-refractivity contribution >= 4 is 29.4 Å². The van der Waals surface area contributed by atoms with Gasteiger partial charge in [-0.15, -0.1) is 4.68 Å². The van der Waals surface area contributed by atoms with Crippen LogP contribution in [0.5, 0.6) is 0 Å². The number of halogens is 1. The molecule has 8 heteroatoms. The molecule has 1 amide bonds. The number of rotatable bonds is 3. The van der Waals surface area contributed by atoms with Crippen LogP contribution in [0.2, 0.25) is 5.15 Å². The highest BCUT2D eigenvalue weighted by molar-refractivity contribution is 6.33. The number of nitrogens with one attached hydrogen (secondary N) is 1. The van der Waals surface area contributed by atoms with Gasteiger partial charge in [0.15, 0.2) is 0 Å². The van der Waals surface area contributed by atoms with Gasteiger partial charge in [-0.1, -0.05) is 11.6 Å². The van der Waals surface area contributed by atoms with E-state index in [1.807, 2.05) is 6.07 Å². The van der Waals surface area contributed by atoms with Crippen LogP contribution in [0.4, 0.5) is 10.6 Å². The van der Waals surface area contributed by atoms with Crippen LogP contribution < -0.4 is 5.32 Å². The fourth-order valence-corrected chi connectivity index (χ4v) is 2.50. The molecule has 7 nitrogen and oxygen atoms in total. The minimum absolute atomic E-state index is 0.144. The number of ether oxygens (including phenoxy) is 1. The van der Waals surface area contributed by atoms with Crippen LogP contribution in [0.3, 0.4) is 0 Å². The first-order valence-electron chi connectivity index (χ1n) is 8.00. The summed E-state index contributed by atoms with van der Waals surface area (Å²) in [4.78, 5) is 28.9. The van der Waals surface area contributed by atoms with Gasteiger partial charge in [-0.05, 0) is 45.7 Å². The van der Waals surface area contributed by atoms with Crippen molar-refractivity contribution in [2.24, 2.45) is 0 Å². The van der Waals surface area contributed by atoms with Crippen molar-refractivity contribution < 1.29 is 14.3 Å². The zero-order valence-electron chi connectivity index (χ0n) is 14.2. The Morgan fingerprint density at radius 3 is 2.60 bits per heavy atom. The molecule has 3 rings (SSSR count). The van der Waals surface area contributed by atoms with Crippen LogP contribution >= 0.6 is 11.6 Å². The molecular weight excluding hydrogens is 344 g/mol. The molecule has 1 fully saturated rings. The van der Waals surface area contributed by atoms with E-state index < -0.39 is 17.6 Å². The molecule has 0 aromatic carbocycles. The van der Waals surface area contributed by atoms with Gasteiger partial charge in [0, 0.05) is 17.7 Å². The third-order valence-corrected chi connectivity index (χ3v) is 3.85. The minimum atomic E-state index is -0.680. The zero-order chi connectivity index (χ0) is 18.2. The van der Waals surface area contributed by atoms with Gasteiger partial charge in [-0.2, -0.15) is 5.10 Å². The average molecular weight is 363 g/mol. The lowest BCUT2D eigenvalue weighted by atomic mass is 10.2. The molecule has 0 bridgehead atoms. The second kappa shape index (κ2) is 6.48. The van der Waals surface area contributed by atoms with Gasteiger partial charge in [0.1, 0.15) is 16.6 Å². The van der Waals surface area contributed by atoms with Crippen LogP contribution in [-0.4, -0.2) is 32.4 Å². The normalized spacial score (nSPS) is 14.2. The number of carbonyl (C=O) groups is 2. The fourth-order valence-electron chi connectivity index (χ4n) is 2.26. The van der Waals surface area contributed by atoms with Gasteiger partial charge in [0.05, 0.1) is 11.8 Å². The van der Waals surface area contributed by atoms with Crippen molar-refractivity contribution in [3.63, 3.8) is 0 Å². The Bertz CT molecular complexity index is 822. The third kappa shape index (κ3) is 4.17. The lowest BCUT2D eigenvalue weighted by Gasteiger charge is -2.19.